The van der Waals surface area contributed by atoms with Gasteiger partial charge in [0.15, 0.2) is 5.78 Å². The summed E-state index contributed by atoms with van der Waals surface area (Å²) in [5.74, 6) is 4.11. The third kappa shape index (κ3) is 1.47. The third-order valence-electron chi connectivity index (χ3n) is 6.65. The number of fused-ring (bicyclic) bond motifs is 5. The number of carbonyl (C=O) groups excluding carboxylic acids is 1. The van der Waals surface area contributed by atoms with Crippen LogP contribution in [0.4, 0.5) is 0 Å². The van der Waals surface area contributed by atoms with Crippen LogP contribution in [0.3, 0.4) is 0 Å². The van der Waals surface area contributed by atoms with Crippen molar-refractivity contribution in [3.63, 3.8) is 0 Å². The predicted octanol–water partition coefficient (Wildman–Crippen LogP) is 4.40. The van der Waals surface area contributed by atoms with Crippen LogP contribution >= 0.6 is 0 Å². The molecule has 0 heterocycles. The van der Waals surface area contributed by atoms with Crippen LogP contribution in [-0.4, -0.2) is 5.78 Å². The van der Waals surface area contributed by atoms with E-state index in [1.165, 1.54) is 41.5 Å². The van der Waals surface area contributed by atoms with Gasteiger partial charge in [-0.1, -0.05) is 6.07 Å². The smallest absolute Gasteiger partial charge is 0.167 e. The lowest BCUT2D eigenvalue weighted by molar-refractivity contribution is 0.0943. The number of carbonyl (C=O) groups is 1. The number of benzene rings is 1. The monoisotopic (exact) mass is 268 g/mol. The van der Waals surface area contributed by atoms with E-state index in [1.54, 1.807) is 0 Å². The Morgan fingerprint density at radius 1 is 0.950 bits per heavy atom. The van der Waals surface area contributed by atoms with Crippen LogP contribution in [-0.2, 0) is 0 Å². The van der Waals surface area contributed by atoms with E-state index >= 15 is 0 Å². The second-order valence-electron chi connectivity index (χ2n) is 7.51. The fourth-order valence-corrected chi connectivity index (χ4v) is 5.43. The molecule has 0 aliphatic heterocycles. The van der Waals surface area contributed by atoms with Crippen molar-refractivity contribution in [2.75, 3.05) is 0 Å². The largest absolute Gasteiger partial charge is 0.294 e. The maximum absolute atomic E-state index is 13.1. The van der Waals surface area contributed by atoms with E-state index in [-0.39, 0.29) is 0 Å². The minimum atomic E-state index is 0.375. The van der Waals surface area contributed by atoms with Gasteiger partial charge in [-0.2, -0.15) is 0 Å². The highest BCUT2D eigenvalue weighted by atomic mass is 16.1. The van der Waals surface area contributed by atoms with Crippen molar-refractivity contribution in [3.05, 3.63) is 33.9 Å². The van der Waals surface area contributed by atoms with Crippen LogP contribution < -0.4 is 0 Å². The molecule has 0 spiro atoms. The van der Waals surface area contributed by atoms with Crippen molar-refractivity contribution in [3.8, 4) is 0 Å². The molecule has 0 amide bonds. The second kappa shape index (κ2) is 3.96. The number of aryl methyl sites for hydroxylation is 2. The Labute approximate surface area is 121 Å². The van der Waals surface area contributed by atoms with Gasteiger partial charge >= 0.3 is 0 Å². The normalized spacial score (nSPS) is 37.1. The van der Waals surface area contributed by atoms with E-state index in [2.05, 4.69) is 33.8 Å². The fourth-order valence-electron chi connectivity index (χ4n) is 5.43. The summed E-state index contributed by atoms with van der Waals surface area (Å²) in [5, 5.41) is 0. The molecule has 1 nitrogen and oxygen atoms in total. The molecular weight excluding hydrogens is 244 g/mol. The first-order valence-electron chi connectivity index (χ1n) is 8.12. The zero-order valence-electron chi connectivity index (χ0n) is 13.0. The number of Topliss-reactive ketones (excluding diaryl/α,β-unsaturated/α-hetero) is 1. The summed E-state index contributed by atoms with van der Waals surface area (Å²) in [4.78, 5) is 13.1. The summed E-state index contributed by atoms with van der Waals surface area (Å²) in [5.41, 5.74) is 6.03. The molecule has 1 aromatic rings. The zero-order chi connectivity index (χ0) is 14.2. The van der Waals surface area contributed by atoms with Crippen molar-refractivity contribution in [2.45, 2.75) is 47.0 Å². The summed E-state index contributed by atoms with van der Waals surface area (Å²) in [6.07, 6.45) is 4.20. The van der Waals surface area contributed by atoms with Gasteiger partial charge in [0.05, 0.1) is 0 Å². The molecule has 3 aliphatic carbocycles. The highest BCUT2D eigenvalue weighted by Gasteiger charge is 2.67. The molecule has 4 rings (SSSR count). The van der Waals surface area contributed by atoms with Gasteiger partial charge in [0.1, 0.15) is 0 Å². The molecule has 2 bridgehead atoms. The molecule has 4 atom stereocenters. The van der Waals surface area contributed by atoms with Gasteiger partial charge in [0.2, 0.25) is 0 Å². The lowest BCUT2D eigenvalue weighted by atomic mass is 9.87. The quantitative estimate of drug-likeness (QED) is 0.727. The first-order chi connectivity index (χ1) is 9.50. The molecule has 3 saturated carbocycles. The highest BCUT2D eigenvalue weighted by Crippen LogP contribution is 2.70. The van der Waals surface area contributed by atoms with E-state index in [9.17, 15) is 4.79 Å². The summed E-state index contributed by atoms with van der Waals surface area (Å²) in [6.45, 7) is 8.52. The predicted molar refractivity (Wildman–Crippen MR) is 81.0 cm³/mol. The van der Waals surface area contributed by atoms with E-state index in [4.69, 9.17) is 0 Å². The van der Waals surface area contributed by atoms with Crippen molar-refractivity contribution in [2.24, 2.45) is 29.6 Å². The lowest BCUT2D eigenvalue weighted by Crippen LogP contribution is -2.14. The Kier molecular flexibility index (Phi) is 2.50. The molecule has 1 heteroatoms. The van der Waals surface area contributed by atoms with Gasteiger partial charge in [-0.15, -0.1) is 0 Å². The molecule has 0 aromatic heterocycles. The van der Waals surface area contributed by atoms with Gasteiger partial charge in [0.25, 0.3) is 0 Å². The van der Waals surface area contributed by atoms with E-state index < -0.39 is 0 Å². The molecule has 0 N–H and O–H groups in total. The Morgan fingerprint density at radius 3 is 1.95 bits per heavy atom. The zero-order valence-corrected chi connectivity index (χ0v) is 13.0. The van der Waals surface area contributed by atoms with E-state index in [1.807, 2.05) is 0 Å². The number of rotatable bonds is 2. The molecule has 106 valence electrons. The number of hydrogen-bond acceptors (Lipinski definition) is 1. The van der Waals surface area contributed by atoms with Gasteiger partial charge in [-0.3, -0.25) is 4.79 Å². The van der Waals surface area contributed by atoms with Crippen LogP contribution in [0, 0.1) is 57.3 Å². The standard InChI is InChI=1S/C19H24O/c1-9-7-10(2)12(4)15(11(9)3)19(20)18-16-13-5-6-14(8-13)17(16)18/h7,13-14,16-18H,5-6,8H2,1-4H3. The summed E-state index contributed by atoms with van der Waals surface area (Å²) in [6, 6.07) is 2.22. The molecular formula is C19H24O. The molecule has 0 radical (unpaired) electrons. The molecule has 0 saturated heterocycles. The average Bonchev–Trinajstić information content (AvgIpc) is 2.85. The average molecular weight is 268 g/mol. The molecule has 4 unspecified atom stereocenters. The van der Waals surface area contributed by atoms with Crippen molar-refractivity contribution < 1.29 is 4.79 Å². The van der Waals surface area contributed by atoms with Crippen LogP contribution in [0.5, 0.6) is 0 Å². The first-order valence-corrected chi connectivity index (χ1v) is 8.12. The maximum atomic E-state index is 13.1. The lowest BCUT2D eigenvalue weighted by Gasteiger charge is -2.16. The van der Waals surface area contributed by atoms with E-state index in [0.29, 0.717) is 11.7 Å². The number of ketones is 1. The first kappa shape index (κ1) is 12.6. The van der Waals surface area contributed by atoms with Crippen molar-refractivity contribution in [1.82, 2.24) is 0 Å². The summed E-state index contributed by atoms with van der Waals surface area (Å²) >= 11 is 0. The SMILES string of the molecule is Cc1cc(C)c(C)c(C(=O)C2C3C4CCC(C4)C23)c1C. The molecule has 1 aromatic carbocycles. The van der Waals surface area contributed by atoms with Gasteiger partial charge in [-0.05, 0) is 92.9 Å². The summed E-state index contributed by atoms with van der Waals surface area (Å²) < 4.78 is 0. The second-order valence-corrected chi connectivity index (χ2v) is 7.51. The fraction of sp³-hybridized carbons (Fsp3) is 0.632. The van der Waals surface area contributed by atoms with Crippen molar-refractivity contribution in [1.29, 1.82) is 0 Å². The Morgan fingerprint density at radius 2 is 1.45 bits per heavy atom. The Bertz CT molecular complexity index is 570. The summed E-state index contributed by atoms with van der Waals surface area (Å²) in [7, 11) is 0. The molecule has 3 aliphatic rings. The maximum Gasteiger partial charge on any atom is 0.167 e. The van der Waals surface area contributed by atoms with Crippen LogP contribution in [0.1, 0.15) is 51.9 Å². The van der Waals surface area contributed by atoms with Crippen molar-refractivity contribution >= 4 is 5.78 Å². The minimum Gasteiger partial charge on any atom is -0.294 e. The Hall–Kier alpha value is -1.11. The van der Waals surface area contributed by atoms with Gasteiger partial charge in [-0.25, -0.2) is 0 Å². The van der Waals surface area contributed by atoms with Gasteiger partial charge in [0, 0.05) is 11.5 Å². The van der Waals surface area contributed by atoms with Crippen LogP contribution in [0.15, 0.2) is 6.07 Å². The molecule has 3 fully saturated rings. The van der Waals surface area contributed by atoms with Crippen LogP contribution in [0.25, 0.3) is 0 Å². The van der Waals surface area contributed by atoms with E-state index in [0.717, 1.165) is 29.2 Å². The number of hydrogen-bond donors (Lipinski definition) is 0. The third-order valence-corrected chi connectivity index (χ3v) is 6.65. The molecule has 20 heavy (non-hydrogen) atoms. The Balaban J connectivity index is 1.71. The van der Waals surface area contributed by atoms with Crippen LogP contribution in [0.2, 0.25) is 0 Å². The highest BCUT2D eigenvalue weighted by molar-refractivity contribution is 6.03. The van der Waals surface area contributed by atoms with Gasteiger partial charge < -0.3 is 0 Å². The topological polar surface area (TPSA) is 17.1 Å². The minimum absolute atomic E-state index is 0.375.